The number of hydrogen-bond donors (Lipinski definition) is 2. The van der Waals surface area contributed by atoms with Crippen molar-refractivity contribution in [3.8, 4) is 28.7 Å². The number of carbonyl (C=O) groups is 1. The fourth-order valence-electron chi connectivity index (χ4n) is 3.57. The van der Waals surface area contributed by atoms with Gasteiger partial charge in [0.1, 0.15) is 18.1 Å². The topological polar surface area (TPSA) is 112 Å². The van der Waals surface area contributed by atoms with E-state index >= 15 is 0 Å². The van der Waals surface area contributed by atoms with Crippen LogP contribution in [-0.4, -0.2) is 54.3 Å². The molecule has 2 N–H and O–H groups in total. The van der Waals surface area contributed by atoms with Gasteiger partial charge in [0.05, 0.1) is 30.4 Å². The Morgan fingerprint density at radius 3 is 2.42 bits per heavy atom. The summed E-state index contributed by atoms with van der Waals surface area (Å²) in [6.07, 6.45) is 7.24. The van der Waals surface area contributed by atoms with Gasteiger partial charge in [0.25, 0.3) is 0 Å². The lowest BCUT2D eigenvalue weighted by molar-refractivity contribution is 0.111. The summed E-state index contributed by atoms with van der Waals surface area (Å²) in [6, 6.07) is 8.73. The molecule has 1 fully saturated rings. The summed E-state index contributed by atoms with van der Waals surface area (Å²) in [4.78, 5) is 18.6. The van der Waals surface area contributed by atoms with Crippen molar-refractivity contribution in [3.63, 3.8) is 0 Å². The van der Waals surface area contributed by atoms with Crippen LogP contribution in [-0.2, 0) is 0 Å². The highest BCUT2D eigenvalue weighted by atomic mass is 19.1. The van der Waals surface area contributed by atoms with Crippen LogP contribution in [0.5, 0.6) is 28.7 Å². The zero-order chi connectivity index (χ0) is 28.6. The molecule has 0 aliphatic heterocycles. The number of halogens is 2. The van der Waals surface area contributed by atoms with Crippen LogP contribution in [0, 0.1) is 11.6 Å². The first-order valence-electron chi connectivity index (χ1n) is 12.5. The van der Waals surface area contributed by atoms with Crippen LogP contribution in [0.3, 0.4) is 0 Å². The Morgan fingerprint density at radius 2 is 1.80 bits per heavy atom. The monoisotopic (exact) mass is 553 g/mol. The zero-order valence-corrected chi connectivity index (χ0v) is 22.2. The number of benzene rings is 2. The fraction of sp³-hybridized carbons (Fsp3) is 0.276. The Bertz CT molecular complexity index is 1460. The third-order valence-electron chi connectivity index (χ3n) is 5.72. The normalized spacial score (nSPS) is 13.1. The summed E-state index contributed by atoms with van der Waals surface area (Å²) in [7, 11) is 3.03. The summed E-state index contributed by atoms with van der Waals surface area (Å²) in [5.41, 5.74) is 1.31. The Kier molecular flexibility index (Phi) is 9.28. The average molecular weight is 554 g/mol. The van der Waals surface area contributed by atoms with Crippen molar-refractivity contribution in [2.24, 2.45) is 0 Å². The van der Waals surface area contributed by atoms with Gasteiger partial charge in [0, 0.05) is 54.9 Å². The Morgan fingerprint density at radius 1 is 1.07 bits per heavy atom. The van der Waals surface area contributed by atoms with E-state index in [-0.39, 0.29) is 12.4 Å². The molecule has 1 aliphatic rings. The van der Waals surface area contributed by atoms with Gasteiger partial charge in [-0.3, -0.25) is 14.8 Å². The molecule has 0 radical (unpaired) electrons. The van der Waals surface area contributed by atoms with Crippen molar-refractivity contribution in [1.82, 2.24) is 9.97 Å². The minimum Gasteiger partial charge on any atom is -0.493 e. The van der Waals surface area contributed by atoms with Crippen LogP contribution >= 0.6 is 0 Å². The predicted octanol–water partition coefficient (Wildman–Crippen LogP) is 5.55. The van der Waals surface area contributed by atoms with Crippen molar-refractivity contribution in [1.29, 1.82) is 0 Å². The van der Waals surface area contributed by atoms with Gasteiger partial charge in [-0.15, -0.1) is 0 Å². The second-order valence-corrected chi connectivity index (χ2v) is 8.96. The molecule has 1 unspecified atom stereocenters. The molecule has 1 atom stereocenters. The van der Waals surface area contributed by atoms with Crippen LogP contribution in [0.4, 0.5) is 14.5 Å². The number of rotatable bonds is 10. The Balaban J connectivity index is 0.000000255. The number of anilines is 1. The number of fused-ring (bicyclic) bond motifs is 1. The third-order valence-corrected chi connectivity index (χ3v) is 5.72. The Hall–Kier alpha value is -4.51. The Labute approximate surface area is 229 Å². The van der Waals surface area contributed by atoms with Crippen LogP contribution < -0.4 is 24.3 Å². The number of aldehydes is 1. The summed E-state index contributed by atoms with van der Waals surface area (Å²) < 4.78 is 50.4. The third kappa shape index (κ3) is 7.11. The molecule has 5 rings (SSSR count). The standard InChI is InChI=1S/C20H20F2N2O4.C9H9NO2/c1-11(25)10-27-19-9-16-13(8-18(19)26-3)17(4-5-24-16)28-20-14(21)6-12(23-2)7-15(20)22;11-6-7-5-10-4-3-9(7)12-8-1-2-8/h4-9,11,23,25H,10H2,1-3H3;3-6,8H,1-2H2. The average Bonchev–Trinajstić information content (AvgIpc) is 3.78. The summed E-state index contributed by atoms with van der Waals surface area (Å²) in [5.74, 6) is -0.562. The molecular weight excluding hydrogens is 524 g/mol. The molecule has 1 aliphatic carbocycles. The second-order valence-electron chi connectivity index (χ2n) is 8.96. The molecule has 11 heteroatoms. The minimum atomic E-state index is -0.835. The molecule has 0 spiro atoms. The maximum atomic E-state index is 14.3. The number of aromatic nitrogens is 2. The van der Waals surface area contributed by atoms with Crippen molar-refractivity contribution >= 4 is 22.9 Å². The molecule has 0 bridgehead atoms. The van der Waals surface area contributed by atoms with E-state index < -0.39 is 23.5 Å². The number of hydrogen-bond acceptors (Lipinski definition) is 9. The van der Waals surface area contributed by atoms with Crippen LogP contribution in [0.2, 0.25) is 0 Å². The molecule has 210 valence electrons. The molecule has 2 heterocycles. The molecule has 0 amide bonds. The number of ether oxygens (including phenoxy) is 4. The van der Waals surface area contributed by atoms with E-state index in [1.54, 1.807) is 38.4 Å². The SMILES string of the molecule is CNc1cc(F)c(Oc2ccnc3cc(OCC(C)O)c(OC)cc23)c(F)c1.O=Cc1cnccc1OC1CC1. The highest BCUT2D eigenvalue weighted by Gasteiger charge is 2.24. The number of pyridine rings is 2. The van der Waals surface area contributed by atoms with E-state index in [0.29, 0.717) is 45.5 Å². The maximum absolute atomic E-state index is 14.3. The minimum absolute atomic E-state index is 0.0757. The molecule has 2 aromatic carbocycles. The molecule has 2 aromatic heterocycles. The van der Waals surface area contributed by atoms with Gasteiger partial charge in [0.15, 0.2) is 35.2 Å². The quantitative estimate of drug-likeness (QED) is 0.244. The van der Waals surface area contributed by atoms with E-state index in [4.69, 9.17) is 18.9 Å². The van der Waals surface area contributed by atoms with Gasteiger partial charge < -0.3 is 29.4 Å². The van der Waals surface area contributed by atoms with Gasteiger partial charge in [-0.05, 0) is 38.0 Å². The molecule has 4 aromatic rings. The highest BCUT2D eigenvalue weighted by molar-refractivity contribution is 5.88. The maximum Gasteiger partial charge on any atom is 0.198 e. The molecule has 40 heavy (non-hydrogen) atoms. The smallest absolute Gasteiger partial charge is 0.198 e. The van der Waals surface area contributed by atoms with Gasteiger partial charge >= 0.3 is 0 Å². The molecular formula is C29H29F2N3O6. The summed E-state index contributed by atoms with van der Waals surface area (Å²) in [5, 5.41) is 12.6. The number of nitrogens with one attached hydrogen (secondary N) is 1. The van der Waals surface area contributed by atoms with E-state index in [0.717, 1.165) is 31.3 Å². The van der Waals surface area contributed by atoms with Crippen molar-refractivity contribution in [3.05, 3.63) is 72.2 Å². The lowest BCUT2D eigenvalue weighted by Crippen LogP contribution is -2.13. The first-order chi connectivity index (χ1) is 19.3. The summed E-state index contributed by atoms with van der Waals surface area (Å²) in [6.45, 7) is 1.67. The van der Waals surface area contributed by atoms with Crippen molar-refractivity contribution < 1.29 is 37.6 Å². The molecule has 1 saturated carbocycles. The second kappa shape index (κ2) is 13.0. The fourth-order valence-corrected chi connectivity index (χ4v) is 3.57. The lowest BCUT2D eigenvalue weighted by atomic mass is 10.1. The predicted molar refractivity (Wildman–Crippen MR) is 145 cm³/mol. The number of aliphatic hydroxyl groups is 1. The number of nitrogens with zero attached hydrogens (tertiary/aromatic N) is 2. The van der Waals surface area contributed by atoms with E-state index in [1.165, 1.54) is 25.6 Å². The van der Waals surface area contributed by atoms with Gasteiger partial charge in [-0.25, -0.2) is 8.78 Å². The van der Waals surface area contributed by atoms with Crippen LogP contribution in [0.15, 0.2) is 55.0 Å². The van der Waals surface area contributed by atoms with Crippen molar-refractivity contribution in [2.75, 3.05) is 26.1 Å². The first kappa shape index (κ1) is 28.5. The summed E-state index contributed by atoms with van der Waals surface area (Å²) >= 11 is 0. The van der Waals surface area contributed by atoms with Crippen molar-refractivity contribution in [2.45, 2.75) is 32.0 Å². The highest BCUT2D eigenvalue weighted by Crippen LogP contribution is 2.38. The van der Waals surface area contributed by atoms with Crippen LogP contribution in [0.25, 0.3) is 10.9 Å². The molecule has 0 saturated heterocycles. The first-order valence-corrected chi connectivity index (χ1v) is 12.5. The zero-order valence-electron chi connectivity index (χ0n) is 22.2. The lowest BCUT2D eigenvalue weighted by Gasteiger charge is -2.15. The van der Waals surface area contributed by atoms with E-state index in [1.807, 2.05) is 0 Å². The number of carbonyl (C=O) groups excluding carboxylic acids is 1. The largest absolute Gasteiger partial charge is 0.493 e. The van der Waals surface area contributed by atoms with E-state index in [9.17, 15) is 18.7 Å². The number of methoxy groups -OCH3 is 1. The van der Waals surface area contributed by atoms with Gasteiger partial charge in [0.2, 0.25) is 0 Å². The van der Waals surface area contributed by atoms with Gasteiger partial charge in [-0.1, -0.05) is 0 Å². The van der Waals surface area contributed by atoms with Crippen LogP contribution in [0.1, 0.15) is 30.1 Å². The number of aliphatic hydroxyl groups excluding tert-OH is 1. The van der Waals surface area contributed by atoms with Gasteiger partial charge in [-0.2, -0.15) is 0 Å². The van der Waals surface area contributed by atoms with E-state index in [2.05, 4.69) is 15.3 Å². The molecule has 9 nitrogen and oxygen atoms in total.